The highest BCUT2D eigenvalue weighted by Crippen LogP contribution is 2.18. The molecule has 1 aromatic heterocycles. The third-order valence-corrected chi connectivity index (χ3v) is 5.77. The number of hydrogen-bond donors (Lipinski definition) is 3. The van der Waals surface area contributed by atoms with Crippen LogP contribution in [0.4, 0.5) is 15.6 Å². The average Bonchev–Trinajstić information content (AvgIpc) is 3.21. The van der Waals surface area contributed by atoms with Crippen LogP contribution in [-0.4, -0.2) is 45.7 Å². The van der Waals surface area contributed by atoms with Gasteiger partial charge in [0.25, 0.3) is 0 Å². The van der Waals surface area contributed by atoms with Gasteiger partial charge in [0.15, 0.2) is 5.13 Å². The molecule has 0 aliphatic carbocycles. The molecule has 9 heteroatoms. The Kier molecular flexibility index (Phi) is 8.84. The largest absolute Gasteiger partial charge is 0.444 e. The molecule has 0 unspecified atom stereocenters. The summed E-state index contributed by atoms with van der Waals surface area (Å²) in [7, 11) is 0. The summed E-state index contributed by atoms with van der Waals surface area (Å²) in [5, 5.41) is 15.7. The lowest BCUT2D eigenvalue weighted by molar-refractivity contribution is -0.115. The number of nitrogens with two attached hydrogens (primary N) is 1. The van der Waals surface area contributed by atoms with Crippen molar-refractivity contribution in [3.05, 3.63) is 76.8 Å². The Morgan fingerprint density at radius 1 is 1.14 bits per heavy atom. The predicted molar refractivity (Wildman–Crippen MR) is 138 cm³/mol. The number of carbonyl (C=O) groups excluding carboxylic acids is 2. The molecule has 3 rings (SSSR count). The molecule has 0 aliphatic heterocycles. The Balaban J connectivity index is 1.59. The predicted octanol–water partition coefficient (Wildman–Crippen LogP) is 4.42. The topological polar surface area (TPSA) is 118 Å². The molecule has 2 aromatic carbocycles. The molecular weight excluding hydrogens is 464 g/mol. The number of hydrogen-bond acceptors (Lipinski definition) is 7. The highest BCUT2D eigenvalue weighted by Gasteiger charge is 2.24. The number of nitrogens with zero attached hydrogens (tertiary/aromatic N) is 2. The third-order valence-electron chi connectivity index (χ3n) is 5.05. The molecule has 0 spiro atoms. The number of amides is 2. The lowest BCUT2D eigenvalue weighted by Crippen LogP contribution is -2.40. The number of aromatic nitrogens is 1. The summed E-state index contributed by atoms with van der Waals surface area (Å²) < 4.78 is 5.55. The highest BCUT2D eigenvalue weighted by molar-refractivity contribution is 7.13. The van der Waals surface area contributed by atoms with Crippen molar-refractivity contribution in [3.63, 3.8) is 0 Å². The first-order valence-corrected chi connectivity index (χ1v) is 12.3. The van der Waals surface area contributed by atoms with Gasteiger partial charge in [0.1, 0.15) is 5.60 Å². The minimum absolute atomic E-state index is 0.119. The Bertz CT molecular complexity index is 1110. The van der Waals surface area contributed by atoms with Crippen molar-refractivity contribution in [2.75, 3.05) is 24.1 Å². The molecule has 0 saturated carbocycles. The summed E-state index contributed by atoms with van der Waals surface area (Å²) in [6, 6.07) is 16.7. The van der Waals surface area contributed by atoms with Crippen LogP contribution in [0.1, 0.15) is 43.7 Å². The number of carbonyl (C=O) groups is 2. The van der Waals surface area contributed by atoms with Gasteiger partial charge in [0.2, 0.25) is 5.91 Å². The molecule has 4 N–H and O–H groups in total. The van der Waals surface area contributed by atoms with E-state index >= 15 is 0 Å². The SMILES string of the molecule is CC(C)(C)OC(=O)N(CCc1ccc(NC(=O)Cc2csc(N)n2)cc1)C[C@H](O)c1ccccc1. The van der Waals surface area contributed by atoms with Crippen molar-refractivity contribution in [1.82, 2.24) is 9.88 Å². The summed E-state index contributed by atoms with van der Waals surface area (Å²) in [5.74, 6) is -0.172. The van der Waals surface area contributed by atoms with Crippen molar-refractivity contribution in [1.29, 1.82) is 0 Å². The molecule has 0 aliphatic rings. The molecule has 0 bridgehead atoms. The minimum Gasteiger partial charge on any atom is -0.444 e. The van der Waals surface area contributed by atoms with E-state index < -0.39 is 17.8 Å². The van der Waals surface area contributed by atoms with Crippen molar-refractivity contribution in [2.45, 2.75) is 45.3 Å². The summed E-state index contributed by atoms with van der Waals surface area (Å²) in [6.45, 7) is 5.93. The highest BCUT2D eigenvalue weighted by atomic mass is 32.1. The Morgan fingerprint density at radius 2 is 1.83 bits per heavy atom. The first kappa shape index (κ1) is 26.2. The van der Waals surface area contributed by atoms with Gasteiger partial charge in [-0.2, -0.15) is 0 Å². The van der Waals surface area contributed by atoms with Crippen LogP contribution >= 0.6 is 11.3 Å². The van der Waals surface area contributed by atoms with Crippen LogP contribution in [0.2, 0.25) is 0 Å². The van der Waals surface area contributed by atoms with Gasteiger partial charge in [-0.25, -0.2) is 9.78 Å². The van der Waals surface area contributed by atoms with Crippen LogP contribution in [0.15, 0.2) is 60.0 Å². The summed E-state index contributed by atoms with van der Waals surface area (Å²) in [6.07, 6.45) is -0.578. The maximum atomic E-state index is 12.8. The summed E-state index contributed by atoms with van der Waals surface area (Å²) in [5.41, 5.74) is 8.00. The number of nitrogen functional groups attached to an aromatic ring is 1. The minimum atomic E-state index is -0.825. The zero-order valence-corrected chi connectivity index (χ0v) is 21.0. The van der Waals surface area contributed by atoms with E-state index in [0.29, 0.717) is 29.5 Å². The normalized spacial score (nSPS) is 12.1. The van der Waals surface area contributed by atoms with Crippen molar-refractivity contribution >= 4 is 34.2 Å². The Morgan fingerprint density at radius 3 is 2.43 bits per heavy atom. The second-order valence-corrected chi connectivity index (χ2v) is 10.1. The van der Waals surface area contributed by atoms with Gasteiger partial charge in [-0.1, -0.05) is 42.5 Å². The molecule has 0 saturated heterocycles. The number of rotatable bonds is 9. The number of nitrogens with one attached hydrogen (secondary N) is 1. The van der Waals surface area contributed by atoms with Crippen molar-refractivity contribution < 1.29 is 19.4 Å². The zero-order chi connectivity index (χ0) is 25.4. The van der Waals surface area contributed by atoms with Crippen LogP contribution in [-0.2, 0) is 22.4 Å². The number of aliphatic hydroxyl groups is 1. The van der Waals surface area contributed by atoms with E-state index in [1.54, 1.807) is 5.38 Å². The fourth-order valence-electron chi connectivity index (χ4n) is 3.37. The molecule has 186 valence electrons. The summed E-state index contributed by atoms with van der Waals surface area (Å²) in [4.78, 5) is 30.7. The van der Waals surface area contributed by atoms with E-state index in [0.717, 1.165) is 11.1 Å². The first-order chi connectivity index (χ1) is 16.6. The molecule has 0 fully saturated rings. The average molecular weight is 497 g/mol. The number of aliphatic hydroxyl groups excluding tert-OH is 1. The number of benzene rings is 2. The van der Waals surface area contributed by atoms with Crippen molar-refractivity contribution in [2.24, 2.45) is 0 Å². The van der Waals surface area contributed by atoms with Gasteiger partial charge in [0.05, 0.1) is 24.8 Å². The van der Waals surface area contributed by atoms with Crippen LogP contribution in [0, 0.1) is 0 Å². The number of thiazole rings is 1. The van der Waals surface area contributed by atoms with Gasteiger partial charge in [-0.3, -0.25) is 4.79 Å². The molecule has 1 heterocycles. The van der Waals surface area contributed by atoms with Gasteiger partial charge >= 0.3 is 6.09 Å². The number of ether oxygens (including phenoxy) is 1. The second kappa shape index (κ2) is 11.8. The van der Waals surface area contributed by atoms with E-state index in [-0.39, 0.29) is 18.9 Å². The molecule has 1 atom stereocenters. The van der Waals surface area contributed by atoms with E-state index in [4.69, 9.17) is 10.5 Å². The van der Waals surface area contributed by atoms with E-state index in [9.17, 15) is 14.7 Å². The fraction of sp³-hybridized carbons (Fsp3) is 0.346. The van der Waals surface area contributed by atoms with E-state index in [2.05, 4.69) is 10.3 Å². The first-order valence-electron chi connectivity index (χ1n) is 11.4. The third kappa shape index (κ3) is 8.70. The Labute approximate surface area is 209 Å². The monoisotopic (exact) mass is 496 g/mol. The Hall–Kier alpha value is -3.43. The molecule has 2 amide bonds. The van der Waals surface area contributed by atoms with E-state index in [1.165, 1.54) is 16.2 Å². The molecule has 0 radical (unpaired) electrons. The van der Waals surface area contributed by atoms with Gasteiger partial charge < -0.3 is 25.8 Å². The van der Waals surface area contributed by atoms with Gasteiger partial charge in [-0.05, 0) is 50.5 Å². The molecular formula is C26H32N4O4S. The van der Waals surface area contributed by atoms with Crippen LogP contribution in [0.5, 0.6) is 0 Å². The molecule has 35 heavy (non-hydrogen) atoms. The zero-order valence-electron chi connectivity index (χ0n) is 20.2. The maximum Gasteiger partial charge on any atom is 0.410 e. The number of anilines is 2. The van der Waals surface area contributed by atoms with Crippen LogP contribution < -0.4 is 11.1 Å². The lowest BCUT2D eigenvalue weighted by atomic mass is 10.1. The summed E-state index contributed by atoms with van der Waals surface area (Å²) >= 11 is 1.30. The lowest BCUT2D eigenvalue weighted by Gasteiger charge is -2.29. The van der Waals surface area contributed by atoms with Gasteiger partial charge in [-0.15, -0.1) is 11.3 Å². The van der Waals surface area contributed by atoms with Crippen LogP contribution in [0.3, 0.4) is 0 Å². The van der Waals surface area contributed by atoms with E-state index in [1.807, 2.05) is 75.4 Å². The van der Waals surface area contributed by atoms with Crippen LogP contribution in [0.25, 0.3) is 0 Å². The second-order valence-electron chi connectivity index (χ2n) is 9.20. The smallest absolute Gasteiger partial charge is 0.410 e. The van der Waals surface area contributed by atoms with Crippen molar-refractivity contribution in [3.8, 4) is 0 Å². The fourth-order valence-corrected chi connectivity index (χ4v) is 3.93. The molecule has 3 aromatic rings. The van der Waals surface area contributed by atoms with Gasteiger partial charge in [0, 0.05) is 17.6 Å². The maximum absolute atomic E-state index is 12.8. The standard InChI is InChI=1S/C26H32N4O4S/c1-26(2,3)34-25(33)30(16-22(31)19-7-5-4-6-8-19)14-13-18-9-11-20(12-10-18)28-23(32)15-21-17-35-24(27)29-21/h4-12,17,22,31H,13-16H2,1-3H3,(H2,27,29)(H,28,32)/t22-/m0/s1. The molecule has 8 nitrogen and oxygen atoms in total. The quantitative estimate of drug-likeness (QED) is 0.404.